The molecule has 0 aliphatic heterocycles. The highest BCUT2D eigenvalue weighted by molar-refractivity contribution is 5.11. The highest BCUT2D eigenvalue weighted by Crippen LogP contribution is 2.56. The molecular weight excluding hydrogens is 268 g/mol. The maximum Gasteiger partial charge on any atom is 0.0822 e. The van der Waals surface area contributed by atoms with Gasteiger partial charge in [-0.15, -0.1) is 0 Å². The molecule has 0 aliphatic carbocycles. The molecule has 0 N–H and O–H groups in total. The van der Waals surface area contributed by atoms with Gasteiger partial charge in [0.25, 0.3) is 0 Å². The third-order valence-corrected chi connectivity index (χ3v) is 4.42. The van der Waals surface area contributed by atoms with Crippen molar-refractivity contribution in [3.8, 4) is 0 Å². The summed E-state index contributed by atoms with van der Waals surface area (Å²) in [7, 11) is 1.85. The second kappa shape index (κ2) is 7.17. The summed E-state index contributed by atoms with van der Waals surface area (Å²) in [6.45, 7) is 22.5. The minimum atomic E-state index is -0.146. The van der Waals surface area contributed by atoms with Crippen molar-refractivity contribution in [3.05, 3.63) is 35.9 Å². The first-order valence-electron chi connectivity index (χ1n) is 8.27. The zero-order valence-electron chi connectivity index (χ0n) is 16.8. The Labute approximate surface area is 139 Å². The second-order valence-corrected chi connectivity index (χ2v) is 9.29. The fraction of sp³-hybridized carbons (Fsp3) is 0.714. The van der Waals surface area contributed by atoms with Crippen molar-refractivity contribution >= 4 is 0 Å². The highest BCUT2D eigenvalue weighted by atomic mass is 16.5. The van der Waals surface area contributed by atoms with Crippen molar-refractivity contribution < 1.29 is 4.74 Å². The molecule has 0 saturated carbocycles. The Morgan fingerprint density at radius 1 is 0.636 bits per heavy atom. The minimum absolute atomic E-state index is 0.109. The number of aryl methyl sites for hydroxylation is 1. The van der Waals surface area contributed by atoms with Gasteiger partial charge in [0.1, 0.15) is 0 Å². The summed E-state index contributed by atoms with van der Waals surface area (Å²) >= 11 is 0. The van der Waals surface area contributed by atoms with E-state index >= 15 is 0 Å². The van der Waals surface area contributed by atoms with Crippen LogP contribution in [0, 0.1) is 23.2 Å². The molecule has 22 heavy (non-hydrogen) atoms. The van der Waals surface area contributed by atoms with Crippen molar-refractivity contribution in [2.75, 3.05) is 7.11 Å². The maximum atomic E-state index is 6.03. The molecule has 1 aromatic rings. The van der Waals surface area contributed by atoms with Gasteiger partial charge < -0.3 is 4.74 Å². The summed E-state index contributed by atoms with van der Waals surface area (Å²) in [5, 5.41) is 0. The van der Waals surface area contributed by atoms with E-state index < -0.39 is 0 Å². The van der Waals surface area contributed by atoms with Crippen molar-refractivity contribution in [2.45, 2.75) is 74.8 Å². The summed E-state index contributed by atoms with van der Waals surface area (Å²) < 4.78 is 6.03. The molecule has 0 aromatic heterocycles. The van der Waals surface area contributed by atoms with Crippen molar-refractivity contribution in [1.82, 2.24) is 0 Å². The van der Waals surface area contributed by atoms with Crippen LogP contribution in [0.15, 0.2) is 30.3 Å². The lowest BCUT2D eigenvalue weighted by atomic mass is 9.52. The normalized spacial score (nSPS) is 13.4. The van der Waals surface area contributed by atoms with Crippen LogP contribution in [-0.4, -0.2) is 12.7 Å². The Hall–Kier alpha value is -0.820. The van der Waals surface area contributed by atoms with Gasteiger partial charge in [0.15, 0.2) is 0 Å². The van der Waals surface area contributed by atoms with E-state index in [1.54, 1.807) is 0 Å². The molecule has 0 heterocycles. The second-order valence-electron chi connectivity index (χ2n) is 9.29. The fourth-order valence-corrected chi connectivity index (χ4v) is 4.83. The van der Waals surface area contributed by atoms with Crippen LogP contribution in [0.5, 0.6) is 0 Å². The van der Waals surface area contributed by atoms with Crippen LogP contribution in [0.25, 0.3) is 0 Å². The van der Waals surface area contributed by atoms with Gasteiger partial charge in [-0.1, -0.05) is 98.2 Å². The van der Waals surface area contributed by atoms with Crippen LogP contribution >= 0.6 is 0 Å². The molecular formula is C21H38O. The lowest BCUT2D eigenvalue weighted by molar-refractivity contribution is -0.222. The van der Waals surface area contributed by atoms with E-state index in [9.17, 15) is 0 Å². The van der Waals surface area contributed by atoms with E-state index in [2.05, 4.69) is 81.4 Å². The average Bonchev–Trinajstić information content (AvgIpc) is 2.25. The van der Waals surface area contributed by atoms with Gasteiger partial charge in [0.2, 0.25) is 0 Å². The summed E-state index contributed by atoms with van der Waals surface area (Å²) in [5.41, 5.74) is 1.50. The largest absolute Gasteiger partial charge is 0.377 e. The predicted octanol–water partition coefficient (Wildman–Crippen LogP) is 6.50. The van der Waals surface area contributed by atoms with Crippen LogP contribution in [0.4, 0.5) is 0 Å². The average molecular weight is 307 g/mol. The van der Waals surface area contributed by atoms with Gasteiger partial charge in [-0.2, -0.15) is 0 Å². The number of ether oxygens (including phenoxy) is 1. The SMILES string of the molecule is COC(C(C)(C)C)(C(C)(C)C)C(C)(C)C.Cc1ccccc1. The molecule has 0 saturated heterocycles. The quantitative estimate of drug-likeness (QED) is 0.575. The van der Waals surface area contributed by atoms with Crippen molar-refractivity contribution in [1.29, 1.82) is 0 Å². The van der Waals surface area contributed by atoms with Gasteiger partial charge in [0, 0.05) is 7.11 Å². The molecule has 0 amide bonds. The molecule has 1 heteroatoms. The van der Waals surface area contributed by atoms with Gasteiger partial charge in [-0.05, 0) is 23.2 Å². The van der Waals surface area contributed by atoms with Gasteiger partial charge in [-0.25, -0.2) is 0 Å². The van der Waals surface area contributed by atoms with Gasteiger partial charge in [0.05, 0.1) is 5.60 Å². The zero-order chi connectivity index (χ0) is 17.8. The summed E-state index contributed by atoms with van der Waals surface area (Å²) in [4.78, 5) is 0. The van der Waals surface area contributed by atoms with Crippen LogP contribution in [-0.2, 0) is 4.74 Å². The summed E-state index contributed by atoms with van der Waals surface area (Å²) in [6, 6.07) is 10.3. The maximum absolute atomic E-state index is 6.03. The molecule has 0 fully saturated rings. The molecule has 1 nitrogen and oxygen atoms in total. The number of rotatable bonds is 1. The molecule has 1 rings (SSSR count). The van der Waals surface area contributed by atoms with E-state index in [1.807, 2.05) is 25.3 Å². The van der Waals surface area contributed by atoms with E-state index in [0.717, 1.165) is 0 Å². The topological polar surface area (TPSA) is 9.23 Å². The Kier molecular flexibility index (Phi) is 6.90. The number of hydrogen-bond acceptors (Lipinski definition) is 1. The van der Waals surface area contributed by atoms with Crippen LogP contribution in [0.3, 0.4) is 0 Å². The molecule has 0 radical (unpaired) electrons. The molecule has 0 unspecified atom stereocenters. The molecule has 128 valence electrons. The summed E-state index contributed by atoms with van der Waals surface area (Å²) in [6.07, 6.45) is 0. The monoisotopic (exact) mass is 306 g/mol. The van der Waals surface area contributed by atoms with Crippen molar-refractivity contribution in [3.63, 3.8) is 0 Å². The number of benzene rings is 1. The van der Waals surface area contributed by atoms with E-state index in [0.29, 0.717) is 0 Å². The minimum Gasteiger partial charge on any atom is -0.377 e. The van der Waals surface area contributed by atoms with E-state index in [1.165, 1.54) is 5.56 Å². The molecule has 0 spiro atoms. The van der Waals surface area contributed by atoms with E-state index in [4.69, 9.17) is 4.74 Å². The van der Waals surface area contributed by atoms with Gasteiger partial charge >= 0.3 is 0 Å². The predicted molar refractivity (Wildman–Crippen MR) is 99.3 cm³/mol. The Bertz CT molecular complexity index is 388. The number of methoxy groups -OCH3 is 1. The fourth-order valence-electron chi connectivity index (χ4n) is 4.83. The smallest absolute Gasteiger partial charge is 0.0822 e. The third kappa shape index (κ3) is 4.59. The summed E-state index contributed by atoms with van der Waals surface area (Å²) in [5.74, 6) is 0. The lowest BCUT2D eigenvalue weighted by Crippen LogP contribution is -2.62. The first-order valence-corrected chi connectivity index (χ1v) is 8.27. The standard InChI is InChI=1S/C14H30O.C7H8/c1-11(2,3)14(15-10,12(4,5)6)13(7,8)9;1-7-5-3-2-4-6-7/h1-10H3;2-6H,1H3. The first-order chi connectivity index (χ1) is 9.70. The van der Waals surface area contributed by atoms with Crippen LogP contribution in [0.2, 0.25) is 0 Å². The van der Waals surface area contributed by atoms with Gasteiger partial charge in [-0.3, -0.25) is 0 Å². The first kappa shape index (κ1) is 21.2. The molecule has 0 bridgehead atoms. The van der Waals surface area contributed by atoms with E-state index in [-0.39, 0.29) is 21.8 Å². The molecule has 1 aromatic carbocycles. The number of hydrogen-bond donors (Lipinski definition) is 0. The Morgan fingerprint density at radius 2 is 0.955 bits per heavy atom. The molecule has 0 aliphatic rings. The Morgan fingerprint density at radius 3 is 1.05 bits per heavy atom. The lowest BCUT2D eigenvalue weighted by Gasteiger charge is -2.59. The highest BCUT2D eigenvalue weighted by Gasteiger charge is 2.58. The zero-order valence-corrected chi connectivity index (χ0v) is 16.8. The third-order valence-electron chi connectivity index (χ3n) is 4.42. The Balaban J connectivity index is 0.000000518. The molecule has 0 atom stereocenters. The van der Waals surface area contributed by atoms with Crippen LogP contribution in [0.1, 0.15) is 67.9 Å². The van der Waals surface area contributed by atoms with Crippen LogP contribution < -0.4 is 0 Å². The van der Waals surface area contributed by atoms with Crippen molar-refractivity contribution in [2.24, 2.45) is 16.2 Å².